The molecule has 1 heterocycles. The number of rotatable bonds is 8. The van der Waals surface area contributed by atoms with E-state index in [1.54, 1.807) is 0 Å². The molecule has 0 amide bonds. The molecule has 0 bridgehead atoms. The Morgan fingerprint density at radius 1 is 0.964 bits per heavy atom. The zero-order chi connectivity index (χ0) is 19.0. The third-order valence-corrected chi connectivity index (χ3v) is 6.08. The van der Waals surface area contributed by atoms with Crippen LogP contribution < -0.4 is 10.6 Å². The van der Waals surface area contributed by atoms with Crippen molar-refractivity contribution in [1.29, 1.82) is 0 Å². The minimum atomic E-state index is 0.498. The van der Waals surface area contributed by atoms with Gasteiger partial charge in [-0.1, -0.05) is 61.0 Å². The third kappa shape index (κ3) is 5.21. The van der Waals surface area contributed by atoms with Gasteiger partial charge in [-0.05, 0) is 35.4 Å². The van der Waals surface area contributed by atoms with E-state index in [4.69, 9.17) is 9.47 Å². The van der Waals surface area contributed by atoms with Crippen LogP contribution in [-0.2, 0) is 29.2 Å². The monoisotopic (exact) mass is 380 g/mol. The van der Waals surface area contributed by atoms with Crippen LogP contribution in [0.5, 0.6) is 0 Å². The molecule has 2 fully saturated rings. The average Bonchev–Trinajstić information content (AvgIpc) is 3.23. The Morgan fingerprint density at radius 2 is 1.79 bits per heavy atom. The van der Waals surface area contributed by atoms with Crippen LogP contribution in [-0.4, -0.2) is 31.8 Å². The fourth-order valence-electron chi connectivity index (χ4n) is 4.55. The van der Waals surface area contributed by atoms with Crippen molar-refractivity contribution in [3.8, 4) is 0 Å². The molecule has 4 rings (SSSR count). The highest BCUT2D eigenvalue weighted by atomic mass is 16.5. The summed E-state index contributed by atoms with van der Waals surface area (Å²) < 4.78 is 11.7. The molecular weight excluding hydrogens is 348 g/mol. The fourth-order valence-corrected chi connectivity index (χ4v) is 4.55. The van der Waals surface area contributed by atoms with E-state index in [1.807, 2.05) is 6.07 Å². The molecule has 0 aromatic heterocycles. The number of benzene rings is 2. The van der Waals surface area contributed by atoms with Gasteiger partial charge in [0.05, 0.1) is 26.4 Å². The molecule has 2 aromatic carbocycles. The third-order valence-electron chi connectivity index (χ3n) is 6.08. The molecule has 2 aromatic rings. The molecule has 1 saturated heterocycles. The molecule has 3 atom stereocenters. The summed E-state index contributed by atoms with van der Waals surface area (Å²) in [6.07, 6.45) is 3.86. The van der Waals surface area contributed by atoms with E-state index < -0.39 is 0 Å². The van der Waals surface area contributed by atoms with Gasteiger partial charge < -0.3 is 20.1 Å². The van der Waals surface area contributed by atoms with E-state index >= 15 is 0 Å². The largest absolute Gasteiger partial charge is 0.379 e. The van der Waals surface area contributed by atoms with Gasteiger partial charge in [0.25, 0.3) is 0 Å². The van der Waals surface area contributed by atoms with Crippen molar-refractivity contribution < 1.29 is 9.47 Å². The Bertz CT molecular complexity index is 716. The van der Waals surface area contributed by atoms with E-state index in [2.05, 4.69) is 59.2 Å². The van der Waals surface area contributed by atoms with Crippen LogP contribution in [0.15, 0.2) is 54.6 Å². The van der Waals surface area contributed by atoms with Gasteiger partial charge in [0, 0.05) is 25.2 Å². The summed E-state index contributed by atoms with van der Waals surface area (Å²) in [5, 5.41) is 7.50. The van der Waals surface area contributed by atoms with Crippen molar-refractivity contribution in [3.05, 3.63) is 71.3 Å². The van der Waals surface area contributed by atoms with Crippen LogP contribution >= 0.6 is 0 Å². The minimum absolute atomic E-state index is 0.498. The first kappa shape index (κ1) is 19.6. The fraction of sp³-hybridized carbons (Fsp3) is 0.500. The van der Waals surface area contributed by atoms with Gasteiger partial charge in [0.2, 0.25) is 0 Å². The highest BCUT2D eigenvalue weighted by Gasteiger charge is 2.34. The topological polar surface area (TPSA) is 42.5 Å². The summed E-state index contributed by atoms with van der Waals surface area (Å²) >= 11 is 0. The van der Waals surface area contributed by atoms with Gasteiger partial charge in [0.1, 0.15) is 0 Å². The maximum Gasteiger partial charge on any atom is 0.0724 e. The zero-order valence-electron chi connectivity index (χ0n) is 16.6. The molecule has 1 aliphatic carbocycles. The van der Waals surface area contributed by atoms with Gasteiger partial charge in [-0.25, -0.2) is 0 Å². The number of hydrogen-bond acceptors (Lipinski definition) is 4. The maximum absolute atomic E-state index is 5.98. The van der Waals surface area contributed by atoms with E-state index in [0.717, 1.165) is 26.3 Å². The molecule has 150 valence electrons. The summed E-state index contributed by atoms with van der Waals surface area (Å²) in [7, 11) is 0. The Kier molecular flexibility index (Phi) is 7.12. The molecule has 2 N–H and O–H groups in total. The Balaban J connectivity index is 1.30. The van der Waals surface area contributed by atoms with Crippen molar-refractivity contribution in [1.82, 2.24) is 10.6 Å². The van der Waals surface area contributed by atoms with Crippen molar-refractivity contribution in [2.45, 2.75) is 51.1 Å². The predicted octanol–water partition coefficient (Wildman–Crippen LogP) is 3.65. The SMILES string of the molecule is c1ccc(COCc2ccccc2CNC2CCCC2C2COCCN2)cc1. The lowest BCUT2D eigenvalue weighted by molar-refractivity contribution is 0.0524. The van der Waals surface area contributed by atoms with Crippen LogP contribution in [0.2, 0.25) is 0 Å². The highest BCUT2D eigenvalue weighted by Crippen LogP contribution is 2.30. The lowest BCUT2D eigenvalue weighted by atomic mass is 9.93. The number of ether oxygens (including phenoxy) is 2. The van der Waals surface area contributed by atoms with Crippen LogP contribution in [0.4, 0.5) is 0 Å². The molecule has 0 spiro atoms. The number of nitrogens with one attached hydrogen (secondary N) is 2. The van der Waals surface area contributed by atoms with Crippen molar-refractivity contribution in [3.63, 3.8) is 0 Å². The number of hydrogen-bond donors (Lipinski definition) is 2. The van der Waals surface area contributed by atoms with Gasteiger partial charge in [-0.3, -0.25) is 0 Å². The van der Waals surface area contributed by atoms with Crippen molar-refractivity contribution in [2.24, 2.45) is 5.92 Å². The quantitative estimate of drug-likeness (QED) is 0.734. The Hall–Kier alpha value is -1.72. The van der Waals surface area contributed by atoms with Crippen LogP contribution in [0.3, 0.4) is 0 Å². The summed E-state index contributed by atoms with van der Waals surface area (Å²) in [5.74, 6) is 0.668. The molecule has 4 heteroatoms. The molecule has 1 saturated carbocycles. The minimum Gasteiger partial charge on any atom is -0.379 e. The summed E-state index contributed by atoms with van der Waals surface area (Å²) in [6.45, 7) is 4.89. The second-order valence-corrected chi connectivity index (χ2v) is 7.96. The number of morpholine rings is 1. The zero-order valence-corrected chi connectivity index (χ0v) is 16.6. The van der Waals surface area contributed by atoms with Gasteiger partial charge >= 0.3 is 0 Å². The summed E-state index contributed by atoms with van der Waals surface area (Å²) in [5.41, 5.74) is 3.84. The molecule has 3 unspecified atom stereocenters. The molecule has 2 aliphatic rings. The summed E-state index contributed by atoms with van der Waals surface area (Å²) in [4.78, 5) is 0. The highest BCUT2D eigenvalue weighted by molar-refractivity contribution is 5.26. The molecular formula is C24H32N2O2. The molecule has 4 nitrogen and oxygen atoms in total. The van der Waals surface area contributed by atoms with Crippen molar-refractivity contribution >= 4 is 0 Å². The normalized spacial score (nSPS) is 25.1. The van der Waals surface area contributed by atoms with Crippen LogP contribution in [0.25, 0.3) is 0 Å². The smallest absolute Gasteiger partial charge is 0.0724 e. The first-order valence-electron chi connectivity index (χ1n) is 10.6. The predicted molar refractivity (Wildman–Crippen MR) is 112 cm³/mol. The van der Waals surface area contributed by atoms with E-state index in [-0.39, 0.29) is 0 Å². The maximum atomic E-state index is 5.98. The first-order valence-corrected chi connectivity index (χ1v) is 10.6. The lowest BCUT2D eigenvalue weighted by Gasteiger charge is -2.33. The van der Waals surface area contributed by atoms with Gasteiger partial charge in [0.15, 0.2) is 0 Å². The van der Waals surface area contributed by atoms with E-state index in [1.165, 1.54) is 36.0 Å². The standard InChI is InChI=1S/C24H32N2O2/c1-2-7-19(8-3-1)16-28-17-21-10-5-4-9-20(21)15-26-23-12-6-11-22(23)24-18-27-14-13-25-24/h1-5,7-10,22-26H,6,11-18H2. The van der Waals surface area contributed by atoms with Gasteiger partial charge in [-0.2, -0.15) is 0 Å². The van der Waals surface area contributed by atoms with E-state index in [0.29, 0.717) is 31.2 Å². The van der Waals surface area contributed by atoms with Crippen LogP contribution in [0.1, 0.15) is 36.0 Å². The molecule has 1 aliphatic heterocycles. The molecule has 0 radical (unpaired) electrons. The average molecular weight is 381 g/mol. The Morgan fingerprint density at radius 3 is 2.61 bits per heavy atom. The lowest BCUT2D eigenvalue weighted by Crippen LogP contribution is -2.50. The second-order valence-electron chi connectivity index (χ2n) is 7.96. The summed E-state index contributed by atoms with van der Waals surface area (Å²) in [6, 6.07) is 20.1. The van der Waals surface area contributed by atoms with Gasteiger partial charge in [-0.15, -0.1) is 0 Å². The second kappa shape index (κ2) is 10.2. The van der Waals surface area contributed by atoms with E-state index in [9.17, 15) is 0 Å². The van der Waals surface area contributed by atoms with Crippen LogP contribution in [0, 0.1) is 5.92 Å². The first-order chi connectivity index (χ1) is 13.9. The molecule has 28 heavy (non-hydrogen) atoms. The van der Waals surface area contributed by atoms with Crippen molar-refractivity contribution in [2.75, 3.05) is 19.8 Å². The Labute approximate surface area is 168 Å².